The summed E-state index contributed by atoms with van der Waals surface area (Å²) in [6, 6.07) is 8.16. The SMILES string of the molecule is Brc1ccccc1CSc1ncn[nH]1. The van der Waals surface area contributed by atoms with Crippen LogP contribution in [0.1, 0.15) is 5.56 Å². The number of nitrogens with one attached hydrogen (secondary N) is 1. The highest BCUT2D eigenvalue weighted by Gasteiger charge is 2.01. The molecule has 1 aromatic carbocycles. The fraction of sp³-hybridized carbons (Fsp3) is 0.111. The van der Waals surface area contributed by atoms with Gasteiger partial charge in [0.05, 0.1) is 0 Å². The molecule has 72 valence electrons. The standard InChI is InChI=1S/C9H8BrN3S/c10-8-4-2-1-3-7(8)5-14-9-11-6-12-13-9/h1-4,6H,5H2,(H,11,12,13). The normalized spacial score (nSPS) is 10.4. The second-order valence-electron chi connectivity index (χ2n) is 2.67. The topological polar surface area (TPSA) is 41.6 Å². The highest BCUT2D eigenvalue weighted by Crippen LogP contribution is 2.23. The van der Waals surface area contributed by atoms with Gasteiger partial charge in [-0.05, 0) is 11.6 Å². The molecule has 0 aliphatic carbocycles. The third kappa shape index (κ3) is 2.36. The van der Waals surface area contributed by atoms with Gasteiger partial charge in [-0.15, -0.1) is 0 Å². The fourth-order valence-electron chi connectivity index (χ4n) is 1.03. The van der Waals surface area contributed by atoms with Crippen LogP contribution in [0.15, 0.2) is 40.2 Å². The molecule has 3 nitrogen and oxygen atoms in total. The molecule has 0 amide bonds. The van der Waals surface area contributed by atoms with E-state index in [9.17, 15) is 0 Å². The first-order chi connectivity index (χ1) is 6.86. The van der Waals surface area contributed by atoms with Gasteiger partial charge in [0.15, 0.2) is 5.16 Å². The van der Waals surface area contributed by atoms with E-state index in [4.69, 9.17) is 0 Å². The van der Waals surface area contributed by atoms with Crippen LogP contribution in [-0.2, 0) is 5.75 Å². The Morgan fingerprint density at radius 2 is 2.21 bits per heavy atom. The maximum atomic E-state index is 4.04. The Labute approximate surface area is 94.5 Å². The molecule has 1 aromatic heterocycles. The van der Waals surface area contributed by atoms with Crippen LogP contribution in [-0.4, -0.2) is 15.2 Å². The number of benzene rings is 1. The number of aromatic nitrogens is 3. The Kier molecular flexibility index (Phi) is 3.21. The van der Waals surface area contributed by atoms with Crippen molar-refractivity contribution in [3.63, 3.8) is 0 Å². The summed E-state index contributed by atoms with van der Waals surface area (Å²) in [5.74, 6) is 0.886. The van der Waals surface area contributed by atoms with E-state index in [2.05, 4.69) is 37.2 Å². The molecule has 0 bridgehead atoms. The number of hydrogen-bond acceptors (Lipinski definition) is 3. The van der Waals surface area contributed by atoms with Gasteiger partial charge in [-0.2, -0.15) is 5.10 Å². The van der Waals surface area contributed by atoms with Crippen LogP contribution < -0.4 is 0 Å². The third-order valence-electron chi connectivity index (χ3n) is 1.72. The lowest BCUT2D eigenvalue weighted by Gasteiger charge is -2.01. The summed E-state index contributed by atoms with van der Waals surface area (Å²) in [6.45, 7) is 0. The Hall–Kier alpha value is -0.810. The highest BCUT2D eigenvalue weighted by molar-refractivity contribution is 9.10. The van der Waals surface area contributed by atoms with E-state index in [-0.39, 0.29) is 0 Å². The Balaban J connectivity index is 2.02. The smallest absolute Gasteiger partial charge is 0.183 e. The number of rotatable bonds is 3. The molecular weight excluding hydrogens is 262 g/mol. The van der Waals surface area contributed by atoms with E-state index in [0.29, 0.717) is 0 Å². The zero-order valence-electron chi connectivity index (χ0n) is 7.27. The Morgan fingerprint density at radius 3 is 2.93 bits per heavy atom. The maximum Gasteiger partial charge on any atom is 0.183 e. The van der Waals surface area contributed by atoms with Crippen LogP contribution in [0, 0.1) is 0 Å². The van der Waals surface area contributed by atoms with Crippen LogP contribution in [0.25, 0.3) is 0 Å². The number of thioether (sulfide) groups is 1. The quantitative estimate of drug-likeness (QED) is 0.872. The van der Waals surface area contributed by atoms with Crippen LogP contribution >= 0.6 is 27.7 Å². The first-order valence-corrected chi connectivity index (χ1v) is 5.85. The van der Waals surface area contributed by atoms with Gasteiger partial charge < -0.3 is 0 Å². The molecule has 0 unspecified atom stereocenters. The molecule has 1 N–H and O–H groups in total. The number of H-pyrrole nitrogens is 1. The van der Waals surface area contributed by atoms with Crippen molar-refractivity contribution in [3.05, 3.63) is 40.6 Å². The molecule has 2 aromatic rings. The molecular formula is C9H8BrN3S. The van der Waals surface area contributed by atoms with E-state index < -0.39 is 0 Å². The van der Waals surface area contributed by atoms with Crippen LogP contribution in [0.4, 0.5) is 0 Å². The lowest BCUT2D eigenvalue weighted by atomic mass is 10.2. The minimum absolute atomic E-state index is 0.848. The first kappa shape index (κ1) is 9.73. The van der Waals surface area contributed by atoms with Gasteiger partial charge in [0.25, 0.3) is 0 Å². The summed E-state index contributed by atoms with van der Waals surface area (Å²) >= 11 is 5.14. The molecule has 0 spiro atoms. The van der Waals surface area contributed by atoms with Crippen LogP contribution in [0.5, 0.6) is 0 Å². The predicted octanol–water partition coefficient (Wildman–Crippen LogP) is 2.86. The van der Waals surface area contributed by atoms with E-state index in [0.717, 1.165) is 15.4 Å². The lowest BCUT2D eigenvalue weighted by Crippen LogP contribution is -1.83. The van der Waals surface area contributed by atoms with Gasteiger partial charge in [-0.1, -0.05) is 45.9 Å². The lowest BCUT2D eigenvalue weighted by molar-refractivity contribution is 0.972. The molecule has 2 rings (SSSR count). The molecule has 0 aliphatic heterocycles. The average molecular weight is 270 g/mol. The molecule has 5 heteroatoms. The second-order valence-corrected chi connectivity index (χ2v) is 4.49. The van der Waals surface area contributed by atoms with Crippen molar-refractivity contribution >= 4 is 27.7 Å². The molecule has 0 atom stereocenters. The Morgan fingerprint density at radius 1 is 1.36 bits per heavy atom. The number of nitrogens with zero attached hydrogens (tertiary/aromatic N) is 2. The van der Waals surface area contributed by atoms with Crippen molar-refractivity contribution in [3.8, 4) is 0 Å². The third-order valence-corrected chi connectivity index (χ3v) is 3.41. The highest BCUT2D eigenvalue weighted by atomic mass is 79.9. The summed E-state index contributed by atoms with van der Waals surface area (Å²) in [7, 11) is 0. The summed E-state index contributed by atoms with van der Waals surface area (Å²) in [5, 5.41) is 7.45. The predicted molar refractivity (Wildman–Crippen MR) is 60.1 cm³/mol. The number of aromatic amines is 1. The van der Waals surface area contributed by atoms with E-state index in [1.54, 1.807) is 11.8 Å². The first-order valence-electron chi connectivity index (χ1n) is 4.08. The van der Waals surface area contributed by atoms with Gasteiger partial charge in [0.2, 0.25) is 0 Å². The summed E-state index contributed by atoms with van der Waals surface area (Å²) in [5.41, 5.74) is 1.26. The van der Waals surface area contributed by atoms with Crippen molar-refractivity contribution < 1.29 is 0 Å². The monoisotopic (exact) mass is 269 g/mol. The zero-order valence-corrected chi connectivity index (χ0v) is 9.68. The summed E-state index contributed by atoms with van der Waals surface area (Å²) in [4.78, 5) is 4.04. The average Bonchev–Trinajstić information content (AvgIpc) is 2.69. The van der Waals surface area contributed by atoms with Gasteiger partial charge in [0.1, 0.15) is 6.33 Å². The van der Waals surface area contributed by atoms with Gasteiger partial charge in [0, 0.05) is 10.2 Å². The van der Waals surface area contributed by atoms with E-state index in [1.165, 1.54) is 11.9 Å². The number of halogens is 1. The summed E-state index contributed by atoms with van der Waals surface area (Å²) in [6.07, 6.45) is 1.52. The molecule has 0 fully saturated rings. The Bertz CT molecular complexity index is 402. The minimum Gasteiger partial charge on any atom is -0.254 e. The van der Waals surface area contributed by atoms with E-state index in [1.807, 2.05) is 18.2 Å². The molecule has 0 saturated heterocycles. The van der Waals surface area contributed by atoms with Crippen molar-refractivity contribution in [1.29, 1.82) is 0 Å². The van der Waals surface area contributed by atoms with Gasteiger partial charge in [-0.25, -0.2) is 4.98 Å². The van der Waals surface area contributed by atoms with Gasteiger partial charge in [-0.3, -0.25) is 5.10 Å². The van der Waals surface area contributed by atoms with Crippen LogP contribution in [0.2, 0.25) is 0 Å². The van der Waals surface area contributed by atoms with Gasteiger partial charge >= 0.3 is 0 Å². The van der Waals surface area contributed by atoms with Crippen LogP contribution in [0.3, 0.4) is 0 Å². The van der Waals surface area contributed by atoms with Crippen molar-refractivity contribution in [1.82, 2.24) is 15.2 Å². The van der Waals surface area contributed by atoms with Crippen molar-refractivity contribution in [2.24, 2.45) is 0 Å². The number of hydrogen-bond donors (Lipinski definition) is 1. The summed E-state index contributed by atoms with van der Waals surface area (Å²) < 4.78 is 1.13. The molecule has 0 saturated carbocycles. The molecule has 1 heterocycles. The molecule has 0 aliphatic rings. The fourth-order valence-corrected chi connectivity index (χ4v) is 2.42. The minimum atomic E-state index is 0.848. The van der Waals surface area contributed by atoms with E-state index >= 15 is 0 Å². The zero-order chi connectivity index (χ0) is 9.80. The van der Waals surface area contributed by atoms with Crippen molar-refractivity contribution in [2.75, 3.05) is 0 Å². The molecule has 0 radical (unpaired) electrons. The largest absolute Gasteiger partial charge is 0.254 e. The maximum absolute atomic E-state index is 4.04. The second kappa shape index (κ2) is 4.61. The van der Waals surface area contributed by atoms with Crippen molar-refractivity contribution in [2.45, 2.75) is 10.9 Å². The molecule has 14 heavy (non-hydrogen) atoms.